The third kappa shape index (κ3) is 2.35. The Morgan fingerprint density at radius 1 is 1.40 bits per heavy atom. The van der Waals surface area contributed by atoms with Gasteiger partial charge in [-0.15, -0.1) is 11.3 Å². The zero-order valence-corrected chi connectivity index (χ0v) is 11.6. The molecule has 2 heterocycles. The molecule has 0 saturated carbocycles. The number of hydrogen-bond acceptors (Lipinski definition) is 6. The van der Waals surface area contributed by atoms with Crippen LogP contribution in [0.4, 0.5) is 11.4 Å². The highest BCUT2D eigenvalue weighted by molar-refractivity contribution is 7.11. The second kappa shape index (κ2) is 4.93. The average Bonchev–Trinajstić information content (AvgIpc) is 2.83. The van der Waals surface area contributed by atoms with E-state index in [1.807, 2.05) is 13.1 Å². The first-order valence-electron chi connectivity index (χ1n) is 6.05. The summed E-state index contributed by atoms with van der Waals surface area (Å²) in [7, 11) is 0. The number of aromatic nitrogens is 3. The Morgan fingerprint density at radius 2 is 2.25 bits per heavy atom. The fourth-order valence-electron chi connectivity index (χ4n) is 1.94. The van der Waals surface area contributed by atoms with Crippen molar-refractivity contribution in [2.75, 3.05) is 11.1 Å². The molecule has 20 heavy (non-hydrogen) atoms. The van der Waals surface area contributed by atoms with E-state index in [4.69, 9.17) is 5.73 Å². The van der Waals surface area contributed by atoms with Gasteiger partial charge in [-0.2, -0.15) is 0 Å². The van der Waals surface area contributed by atoms with E-state index in [1.165, 1.54) is 11.2 Å². The normalized spacial score (nSPS) is 10.8. The van der Waals surface area contributed by atoms with Crippen LogP contribution >= 0.6 is 11.3 Å². The highest BCUT2D eigenvalue weighted by Gasteiger charge is 2.06. The highest BCUT2D eigenvalue weighted by atomic mass is 32.1. The van der Waals surface area contributed by atoms with E-state index in [0.717, 1.165) is 10.7 Å². The van der Waals surface area contributed by atoms with Gasteiger partial charge < -0.3 is 16.0 Å². The van der Waals surface area contributed by atoms with Crippen LogP contribution in [0.5, 0.6) is 0 Å². The molecule has 0 fully saturated rings. The van der Waals surface area contributed by atoms with Crippen LogP contribution in [0, 0.1) is 6.92 Å². The molecule has 0 saturated heterocycles. The summed E-state index contributed by atoms with van der Waals surface area (Å²) < 4.78 is 0. The molecule has 0 aliphatic heterocycles. The van der Waals surface area contributed by atoms with Gasteiger partial charge in [-0.3, -0.25) is 4.79 Å². The van der Waals surface area contributed by atoms with Crippen LogP contribution in [0.3, 0.4) is 0 Å². The average molecular weight is 287 g/mol. The lowest BCUT2D eigenvalue weighted by atomic mass is 10.2. The predicted octanol–water partition coefficient (Wildman–Crippen LogP) is 1.88. The van der Waals surface area contributed by atoms with Gasteiger partial charge in [-0.1, -0.05) is 0 Å². The van der Waals surface area contributed by atoms with Crippen molar-refractivity contribution in [3.05, 3.63) is 44.9 Å². The summed E-state index contributed by atoms with van der Waals surface area (Å²) in [5.41, 5.74) is 7.66. The van der Waals surface area contributed by atoms with Crippen LogP contribution in [0.1, 0.15) is 9.88 Å². The maximum Gasteiger partial charge on any atom is 0.258 e. The third-order valence-electron chi connectivity index (χ3n) is 2.91. The minimum absolute atomic E-state index is 0.191. The van der Waals surface area contributed by atoms with Gasteiger partial charge in [0.05, 0.1) is 35.1 Å². The molecule has 0 aliphatic carbocycles. The smallest absolute Gasteiger partial charge is 0.258 e. The Labute approximate surface area is 118 Å². The summed E-state index contributed by atoms with van der Waals surface area (Å²) in [6.45, 7) is 2.61. The summed E-state index contributed by atoms with van der Waals surface area (Å²) in [5.74, 6) is 0. The van der Waals surface area contributed by atoms with Crippen LogP contribution in [0.2, 0.25) is 0 Å². The number of aromatic amines is 1. The molecule has 4 N–H and O–H groups in total. The summed E-state index contributed by atoms with van der Waals surface area (Å²) in [6, 6.07) is 3.41. The number of nitrogens with two attached hydrogens (primary N) is 1. The lowest BCUT2D eigenvalue weighted by Crippen LogP contribution is -2.08. The van der Waals surface area contributed by atoms with Gasteiger partial charge in [-0.25, -0.2) is 9.97 Å². The van der Waals surface area contributed by atoms with Crippen LogP contribution in [-0.4, -0.2) is 15.0 Å². The summed E-state index contributed by atoms with van der Waals surface area (Å²) in [4.78, 5) is 23.8. The Morgan fingerprint density at radius 3 is 3.00 bits per heavy atom. The van der Waals surface area contributed by atoms with Crippen LogP contribution in [0.25, 0.3) is 10.9 Å². The van der Waals surface area contributed by atoms with E-state index in [1.54, 1.807) is 23.5 Å². The fourth-order valence-corrected chi connectivity index (χ4v) is 2.67. The Kier molecular flexibility index (Phi) is 3.11. The van der Waals surface area contributed by atoms with Gasteiger partial charge in [0, 0.05) is 11.1 Å². The standard InChI is InChI=1S/C13H13N5OS/c1-7-4-16-12(20-7)5-15-11-3-10-8(2-9(11)14)13(19)18-6-17-10/h2-4,6,15H,5,14H2,1H3,(H,17,18,19). The number of anilines is 2. The first-order valence-corrected chi connectivity index (χ1v) is 6.87. The Bertz CT molecular complexity index is 823. The lowest BCUT2D eigenvalue weighted by molar-refractivity contribution is 1.10. The van der Waals surface area contributed by atoms with Gasteiger partial charge in [0.15, 0.2) is 0 Å². The third-order valence-corrected chi connectivity index (χ3v) is 3.82. The van der Waals surface area contributed by atoms with Gasteiger partial charge in [-0.05, 0) is 19.1 Å². The molecule has 3 aromatic rings. The molecule has 3 rings (SSSR count). The molecule has 0 atom stereocenters. The van der Waals surface area contributed by atoms with E-state index in [0.29, 0.717) is 23.1 Å². The number of aryl methyl sites for hydroxylation is 1. The quantitative estimate of drug-likeness (QED) is 0.639. The maximum atomic E-state index is 11.6. The Balaban J connectivity index is 1.91. The predicted molar refractivity (Wildman–Crippen MR) is 81.0 cm³/mol. The fraction of sp³-hybridized carbons (Fsp3) is 0.154. The monoisotopic (exact) mass is 287 g/mol. The van der Waals surface area contributed by atoms with Crippen molar-refractivity contribution >= 4 is 33.6 Å². The molecule has 2 aromatic heterocycles. The highest BCUT2D eigenvalue weighted by Crippen LogP contribution is 2.24. The van der Waals surface area contributed by atoms with Gasteiger partial charge in [0.2, 0.25) is 0 Å². The van der Waals surface area contributed by atoms with Gasteiger partial charge >= 0.3 is 0 Å². The Hall–Kier alpha value is -2.41. The SMILES string of the molecule is Cc1cnc(CNc2cc3nc[nH]c(=O)c3cc2N)s1. The molecule has 102 valence electrons. The van der Waals surface area contributed by atoms with E-state index in [-0.39, 0.29) is 5.56 Å². The number of hydrogen-bond donors (Lipinski definition) is 3. The van der Waals surface area contributed by atoms with E-state index in [2.05, 4.69) is 20.3 Å². The molecule has 7 heteroatoms. The summed E-state index contributed by atoms with van der Waals surface area (Å²) in [6.07, 6.45) is 3.22. The van der Waals surface area contributed by atoms with E-state index >= 15 is 0 Å². The van der Waals surface area contributed by atoms with Crippen molar-refractivity contribution in [1.29, 1.82) is 0 Å². The van der Waals surface area contributed by atoms with E-state index in [9.17, 15) is 4.79 Å². The van der Waals surface area contributed by atoms with Crippen molar-refractivity contribution < 1.29 is 0 Å². The van der Waals surface area contributed by atoms with Crippen LogP contribution in [0.15, 0.2) is 29.5 Å². The molecule has 0 amide bonds. The second-order valence-electron chi connectivity index (χ2n) is 4.41. The zero-order chi connectivity index (χ0) is 14.1. The molecule has 0 radical (unpaired) electrons. The molecule has 1 aromatic carbocycles. The summed E-state index contributed by atoms with van der Waals surface area (Å²) in [5, 5.41) is 4.70. The number of nitrogens with zero attached hydrogens (tertiary/aromatic N) is 2. The molecule has 0 spiro atoms. The number of benzene rings is 1. The molecule has 0 unspecified atom stereocenters. The molecule has 6 nitrogen and oxygen atoms in total. The minimum atomic E-state index is -0.191. The van der Waals surface area contributed by atoms with Crippen molar-refractivity contribution in [2.45, 2.75) is 13.5 Å². The topological polar surface area (TPSA) is 96.7 Å². The molecular weight excluding hydrogens is 274 g/mol. The van der Waals surface area contributed by atoms with Crippen molar-refractivity contribution in [2.24, 2.45) is 0 Å². The zero-order valence-electron chi connectivity index (χ0n) is 10.8. The number of nitrogens with one attached hydrogen (secondary N) is 2. The van der Waals surface area contributed by atoms with Crippen molar-refractivity contribution in [3.8, 4) is 0 Å². The van der Waals surface area contributed by atoms with Crippen molar-refractivity contribution in [1.82, 2.24) is 15.0 Å². The molecule has 0 aliphatic rings. The van der Waals surface area contributed by atoms with Crippen LogP contribution < -0.4 is 16.6 Å². The van der Waals surface area contributed by atoms with Gasteiger partial charge in [0.1, 0.15) is 5.01 Å². The first-order chi connectivity index (χ1) is 9.63. The second-order valence-corrected chi connectivity index (χ2v) is 5.73. The summed E-state index contributed by atoms with van der Waals surface area (Å²) >= 11 is 1.63. The first kappa shape index (κ1) is 12.6. The largest absolute Gasteiger partial charge is 0.397 e. The number of nitrogen functional groups attached to an aromatic ring is 1. The van der Waals surface area contributed by atoms with E-state index < -0.39 is 0 Å². The van der Waals surface area contributed by atoms with Crippen LogP contribution in [-0.2, 0) is 6.54 Å². The van der Waals surface area contributed by atoms with Gasteiger partial charge in [0.25, 0.3) is 5.56 Å². The molecule has 0 bridgehead atoms. The number of fused-ring (bicyclic) bond motifs is 1. The minimum Gasteiger partial charge on any atom is -0.397 e. The number of thiazole rings is 1. The van der Waals surface area contributed by atoms with Crippen molar-refractivity contribution in [3.63, 3.8) is 0 Å². The number of rotatable bonds is 3. The molecular formula is C13H13N5OS. The lowest BCUT2D eigenvalue weighted by Gasteiger charge is -2.08. The maximum absolute atomic E-state index is 11.6. The number of H-pyrrole nitrogens is 1.